The van der Waals surface area contributed by atoms with Crippen LogP contribution in [0, 0.1) is 0 Å². The maximum absolute atomic E-state index is 9.58. The molecule has 0 unspecified atom stereocenters. The molecule has 0 aliphatic rings. The third-order valence-electron chi connectivity index (χ3n) is 8.03. The Morgan fingerprint density at radius 1 is 0.581 bits per heavy atom. The van der Waals surface area contributed by atoms with E-state index in [1.54, 1.807) is 14.4 Å². The van der Waals surface area contributed by atoms with E-state index in [2.05, 4.69) is 98.7 Å². The Kier molecular flexibility index (Phi) is 23.7. The molecular weight excluding hydrogens is 567 g/mol. The molecule has 2 rings (SSSR count). The van der Waals surface area contributed by atoms with Crippen LogP contribution >= 0.6 is 0 Å². The van der Waals surface area contributed by atoms with Crippen molar-refractivity contribution in [3.8, 4) is 0 Å². The minimum atomic E-state index is 0.894. The van der Waals surface area contributed by atoms with E-state index in [4.69, 9.17) is 0 Å². The van der Waals surface area contributed by atoms with Crippen LogP contribution in [-0.4, -0.2) is 10.7 Å². The summed E-state index contributed by atoms with van der Waals surface area (Å²) in [4.78, 5) is 3.42. The Hall–Kier alpha value is -2.17. The maximum atomic E-state index is 9.58. The van der Waals surface area contributed by atoms with Gasteiger partial charge in [-0.15, -0.1) is 4.79 Å². The molecule has 0 atom stereocenters. The number of rotatable bonds is 21. The second kappa shape index (κ2) is 26.3. The molecule has 0 saturated heterocycles. The molecule has 0 saturated carbocycles. The van der Waals surface area contributed by atoms with E-state index in [1.807, 2.05) is 0 Å². The van der Waals surface area contributed by atoms with Crippen LogP contribution in [0.1, 0.15) is 153 Å². The van der Waals surface area contributed by atoms with Gasteiger partial charge in [0.15, 0.2) is 0 Å². The summed E-state index contributed by atoms with van der Waals surface area (Å²) in [6, 6.07) is 18.5. The molecule has 2 aromatic carbocycles. The molecule has 0 heterocycles. The van der Waals surface area contributed by atoms with Crippen LogP contribution in [0.15, 0.2) is 59.7 Å². The predicted octanol–water partition coefficient (Wildman–Crippen LogP) is 12.9. The Morgan fingerprint density at radius 3 is 1.51 bits per heavy atom. The molecule has 0 N–H and O–H groups in total. The van der Waals surface area contributed by atoms with Crippen molar-refractivity contribution in [2.45, 2.75) is 155 Å². The minimum absolute atomic E-state index is 0.894. The van der Waals surface area contributed by atoms with Gasteiger partial charge < -0.3 is 5.53 Å². The molecule has 43 heavy (non-hydrogen) atoms. The molecule has 0 radical (unpaired) electrons. The van der Waals surface area contributed by atoms with Crippen molar-refractivity contribution in [2.24, 2.45) is 0 Å². The summed E-state index contributed by atoms with van der Waals surface area (Å²) in [6.07, 6.45) is 21.7. The van der Waals surface area contributed by atoms with E-state index in [1.165, 1.54) is 104 Å². The zero-order valence-corrected chi connectivity index (χ0v) is 29.5. The summed E-state index contributed by atoms with van der Waals surface area (Å²) in [6.45, 7) is 9.01. The van der Waals surface area contributed by atoms with Gasteiger partial charge in [0, 0.05) is 0 Å². The van der Waals surface area contributed by atoms with Gasteiger partial charge in [-0.05, 0) is 84.8 Å². The second-order valence-corrected chi connectivity index (χ2v) is 12.8. The molecule has 2 aromatic rings. The Bertz CT molecular complexity index is 1080. The number of unbranched alkanes of at least 4 members (excludes halogenated alkanes) is 10. The first-order valence-corrected chi connectivity index (χ1v) is 19.2. The summed E-state index contributed by atoms with van der Waals surface area (Å²) >= 11 is 1.62. The molecule has 0 aliphatic carbocycles. The third-order valence-corrected chi connectivity index (χ3v) is 8.03. The van der Waals surface area contributed by atoms with E-state index in [0.29, 0.717) is 0 Å². The number of hydrogen-bond acceptors (Lipinski definition) is 0. The second-order valence-electron chi connectivity index (χ2n) is 11.8. The molecule has 0 amide bonds. The van der Waals surface area contributed by atoms with E-state index in [0.717, 1.165) is 50.5 Å². The first-order valence-electron chi connectivity index (χ1n) is 17.2. The van der Waals surface area contributed by atoms with Crippen molar-refractivity contribution in [3.63, 3.8) is 0 Å². The van der Waals surface area contributed by atoms with Gasteiger partial charge in [-0.2, -0.15) is 0 Å². The zero-order valence-electron chi connectivity index (χ0n) is 28.6. The third kappa shape index (κ3) is 16.5. The van der Waals surface area contributed by atoms with Gasteiger partial charge in [-0.3, -0.25) is 0 Å². The van der Waals surface area contributed by atoms with E-state index < -0.39 is 0 Å². The first-order chi connectivity index (χ1) is 21.1. The monoisotopic (exact) mass is 628 g/mol. The fourth-order valence-corrected chi connectivity index (χ4v) is 5.53. The molecule has 3 heteroatoms. The van der Waals surface area contributed by atoms with Crippen molar-refractivity contribution >= 4 is 11.4 Å². The summed E-state index contributed by atoms with van der Waals surface area (Å²) in [7, 11) is 0. The number of allylic oxidation sites excluding steroid dienone is 2. The summed E-state index contributed by atoms with van der Waals surface area (Å²) in [5, 5.41) is 0. The van der Waals surface area contributed by atoms with Crippen LogP contribution in [0.4, 0.5) is 0 Å². The Balaban J connectivity index is 0.00000295. The standard InChI is InChI=1S/C38H56N2.2CH3.Ni/c1-5-9-13-14-15-16-18-20-33-25-29-35(30-26-33)38(34-27-23-32(24-28-34)19-11-7-3)37(22-12-8-4)36(31-40-39)21-17-10-6-2;;;/h23-30H,5-22H2,1-4H3;2*1H3;. The van der Waals surface area contributed by atoms with E-state index >= 15 is 0 Å². The van der Waals surface area contributed by atoms with Crippen LogP contribution in [0.3, 0.4) is 0 Å². The van der Waals surface area contributed by atoms with Crippen LogP contribution < -0.4 is 0 Å². The number of hydrogen-bond donors (Lipinski definition) is 0. The summed E-state index contributed by atoms with van der Waals surface area (Å²) in [5.41, 5.74) is 18.5. The molecule has 0 bridgehead atoms. The first kappa shape index (κ1) is 38.9. The van der Waals surface area contributed by atoms with E-state index in [9.17, 15) is 5.53 Å². The SMILES string of the molecule is CCCCCCCCCc1ccc(C(=C(CCCC)C(=C=[N+]=[N-])CCCCC)c2ccc(CCCC)cc2)cc1.[CH3][Ni][CH3]. The number of benzene rings is 2. The number of nitrogens with zero attached hydrogens (tertiary/aromatic N) is 2. The molecule has 0 spiro atoms. The Labute approximate surface area is 272 Å². The summed E-state index contributed by atoms with van der Waals surface area (Å²) in [5.74, 6) is 7.14. The molecule has 0 fully saturated rings. The molecule has 242 valence electrons. The van der Waals surface area contributed by atoms with Crippen LogP contribution in [-0.2, 0) is 27.3 Å². The summed E-state index contributed by atoms with van der Waals surface area (Å²) < 4.78 is 0. The fraction of sp³-hybridized carbons (Fsp3) is 0.600. The van der Waals surface area contributed by atoms with Crippen molar-refractivity contribution in [2.75, 3.05) is 0 Å². The average molecular weight is 630 g/mol. The van der Waals surface area contributed by atoms with Crippen molar-refractivity contribution in [1.29, 1.82) is 0 Å². The molecule has 2 nitrogen and oxygen atoms in total. The normalized spacial score (nSPS) is 11.3. The molecule has 0 aliphatic heterocycles. The predicted molar refractivity (Wildman–Crippen MR) is 187 cm³/mol. The molecular formula is C40H62N2Ni. The fourth-order valence-electron chi connectivity index (χ4n) is 5.53. The van der Waals surface area contributed by atoms with E-state index in [-0.39, 0.29) is 0 Å². The van der Waals surface area contributed by atoms with Crippen LogP contribution in [0.2, 0.25) is 11.8 Å². The van der Waals surface area contributed by atoms with Crippen LogP contribution in [0.5, 0.6) is 0 Å². The van der Waals surface area contributed by atoms with Gasteiger partial charge in [0.2, 0.25) is 0 Å². The zero-order chi connectivity index (χ0) is 31.5. The molecule has 0 aromatic heterocycles. The number of aryl methyl sites for hydroxylation is 2. The Morgan fingerprint density at radius 2 is 1.02 bits per heavy atom. The average Bonchev–Trinajstić information content (AvgIpc) is 3.02. The van der Waals surface area contributed by atoms with Crippen molar-refractivity contribution < 1.29 is 19.2 Å². The van der Waals surface area contributed by atoms with Gasteiger partial charge in [0.05, 0.1) is 5.57 Å². The van der Waals surface area contributed by atoms with Gasteiger partial charge in [0.1, 0.15) is 0 Å². The van der Waals surface area contributed by atoms with Crippen LogP contribution in [0.25, 0.3) is 11.1 Å². The quantitative estimate of drug-likeness (QED) is 0.0329. The van der Waals surface area contributed by atoms with Crippen molar-refractivity contribution in [1.82, 2.24) is 0 Å². The van der Waals surface area contributed by atoms with Gasteiger partial charge in [-0.1, -0.05) is 140 Å². The van der Waals surface area contributed by atoms with Gasteiger partial charge >= 0.3 is 32.1 Å². The van der Waals surface area contributed by atoms with Gasteiger partial charge in [-0.25, -0.2) is 0 Å². The topological polar surface area (TPSA) is 36.4 Å². The van der Waals surface area contributed by atoms with Crippen molar-refractivity contribution in [3.05, 3.63) is 87.5 Å². The van der Waals surface area contributed by atoms with Gasteiger partial charge in [0.25, 0.3) is 0 Å².